The summed E-state index contributed by atoms with van der Waals surface area (Å²) in [6.45, 7) is 6.03. The van der Waals surface area contributed by atoms with Gasteiger partial charge in [0.05, 0.1) is 0 Å². The Labute approximate surface area is 121 Å². The van der Waals surface area contributed by atoms with Crippen molar-refractivity contribution in [1.82, 2.24) is 4.90 Å². The molecule has 0 saturated carbocycles. The van der Waals surface area contributed by atoms with E-state index in [4.69, 9.17) is 4.42 Å². The molecular formula is C15H18BrNO2. The predicted octanol–water partition coefficient (Wildman–Crippen LogP) is 4.37. The monoisotopic (exact) mass is 323 g/mol. The summed E-state index contributed by atoms with van der Waals surface area (Å²) in [5, 5.41) is 0.982. The fourth-order valence-electron chi connectivity index (χ4n) is 2.03. The maximum absolute atomic E-state index is 12.4. The quantitative estimate of drug-likeness (QED) is 0.840. The van der Waals surface area contributed by atoms with Crippen molar-refractivity contribution < 1.29 is 9.21 Å². The van der Waals surface area contributed by atoms with Gasteiger partial charge in [-0.05, 0) is 38.5 Å². The van der Waals surface area contributed by atoms with Crippen LogP contribution >= 0.6 is 15.9 Å². The number of nitrogens with zero attached hydrogens (tertiary/aromatic N) is 1. The molecule has 2 aromatic rings. The van der Waals surface area contributed by atoms with Gasteiger partial charge >= 0.3 is 0 Å². The third-order valence-corrected chi connectivity index (χ3v) is 4.16. The first-order valence-corrected chi connectivity index (χ1v) is 7.20. The highest BCUT2D eigenvalue weighted by molar-refractivity contribution is 9.10. The molecule has 0 aliphatic carbocycles. The van der Waals surface area contributed by atoms with Crippen molar-refractivity contribution in [3.63, 3.8) is 0 Å². The number of rotatable bonds is 3. The summed E-state index contributed by atoms with van der Waals surface area (Å²) in [5.74, 6) is 0.384. The number of carbonyl (C=O) groups excluding carboxylic acids is 1. The molecule has 2 rings (SSSR count). The van der Waals surface area contributed by atoms with E-state index in [1.165, 1.54) is 0 Å². The summed E-state index contributed by atoms with van der Waals surface area (Å²) in [5.41, 5.74) is 1.65. The Balaban J connectivity index is 2.46. The fraction of sp³-hybridized carbons (Fsp3) is 0.400. The minimum absolute atomic E-state index is 0.0563. The lowest BCUT2D eigenvalue weighted by Gasteiger charge is -2.22. The molecule has 1 aromatic carbocycles. The van der Waals surface area contributed by atoms with Crippen LogP contribution in [0.15, 0.2) is 27.1 Å². The summed E-state index contributed by atoms with van der Waals surface area (Å²) in [6.07, 6.45) is 0.924. The standard InChI is InChI=1S/C15H18BrNO2/c1-5-9(2)17(4)15(18)14-10(3)12-8-11(16)6-7-13(12)19-14/h6-9H,5H2,1-4H3. The number of benzene rings is 1. The smallest absolute Gasteiger partial charge is 0.289 e. The number of hydrogen-bond donors (Lipinski definition) is 0. The number of fused-ring (bicyclic) bond motifs is 1. The number of halogens is 1. The Bertz CT molecular complexity index is 618. The average Bonchev–Trinajstić information content (AvgIpc) is 2.73. The van der Waals surface area contributed by atoms with Gasteiger partial charge in [0.15, 0.2) is 5.76 Å². The number of amides is 1. The zero-order valence-electron chi connectivity index (χ0n) is 11.7. The van der Waals surface area contributed by atoms with Crippen LogP contribution in [0, 0.1) is 6.92 Å². The van der Waals surface area contributed by atoms with Crippen LogP contribution in [-0.2, 0) is 0 Å². The van der Waals surface area contributed by atoms with Crippen molar-refractivity contribution >= 4 is 32.8 Å². The second-order valence-corrected chi connectivity index (χ2v) is 5.79. The van der Waals surface area contributed by atoms with Gasteiger partial charge in [-0.1, -0.05) is 22.9 Å². The first-order valence-electron chi connectivity index (χ1n) is 6.41. The van der Waals surface area contributed by atoms with Gasteiger partial charge < -0.3 is 9.32 Å². The van der Waals surface area contributed by atoms with Crippen molar-refractivity contribution in [2.24, 2.45) is 0 Å². The van der Waals surface area contributed by atoms with Gasteiger partial charge in [-0.3, -0.25) is 4.79 Å². The van der Waals surface area contributed by atoms with Gasteiger partial charge in [-0.25, -0.2) is 0 Å². The maximum Gasteiger partial charge on any atom is 0.289 e. The van der Waals surface area contributed by atoms with Crippen LogP contribution in [0.3, 0.4) is 0 Å². The average molecular weight is 324 g/mol. The highest BCUT2D eigenvalue weighted by Gasteiger charge is 2.23. The molecule has 1 amide bonds. The molecule has 1 aromatic heterocycles. The lowest BCUT2D eigenvalue weighted by molar-refractivity contribution is 0.0710. The molecule has 0 N–H and O–H groups in total. The summed E-state index contributed by atoms with van der Waals surface area (Å²) < 4.78 is 6.70. The van der Waals surface area contributed by atoms with E-state index in [0.717, 1.165) is 27.4 Å². The summed E-state index contributed by atoms with van der Waals surface area (Å²) in [6, 6.07) is 5.98. The fourth-order valence-corrected chi connectivity index (χ4v) is 2.39. The molecule has 3 nitrogen and oxygen atoms in total. The normalized spacial score (nSPS) is 12.7. The van der Waals surface area contributed by atoms with Crippen LogP contribution in [0.2, 0.25) is 0 Å². The van der Waals surface area contributed by atoms with Crippen LogP contribution < -0.4 is 0 Å². The second kappa shape index (κ2) is 5.37. The molecule has 0 aliphatic rings. The number of hydrogen-bond acceptors (Lipinski definition) is 2. The SMILES string of the molecule is CCC(C)N(C)C(=O)c1oc2ccc(Br)cc2c1C. The van der Waals surface area contributed by atoms with Crippen molar-refractivity contribution in [1.29, 1.82) is 0 Å². The lowest BCUT2D eigenvalue weighted by atomic mass is 10.1. The molecular weight excluding hydrogens is 306 g/mol. The molecule has 0 radical (unpaired) electrons. The summed E-state index contributed by atoms with van der Waals surface area (Å²) in [4.78, 5) is 14.2. The van der Waals surface area contributed by atoms with E-state index in [1.54, 1.807) is 4.90 Å². The Kier molecular flexibility index (Phi) is 3.99. The van der Waals surface area contributed by atoms with Crippen LogP contribution in [0.4, 0.5) is 0 Å². The predicted molar refractivity (Wildman–Crippen MR) is 80.5 cm³/mol. The highest BCUT2D eigenvalue weighted by Crippen LogP contribution is 2.29. The van der Waals surface area contributed by atoms with E-state index in [-0.39, 0.29) is 11.9 Å². The van der Waals surface area contributed by atoms with E-state index < -0.39 is 0 Å². The van der Waals surface area contributed by atoms with E-state index in [2.05, 4.69) is 22.9 Å². The molecule has 0 fully saturated rings. The van der Waals surface area contributed by atoms with Gasteiger partial charge in [-0.2, -0.15) is 0 Å². The van der Waals surface area contributed by atoms with Crippen molar-refractivity contribution in [3.8, 4) is 0 Å². The molecule has 1 heterocycles. The Hall–Kier alpha value is -1.29. The molecule has 0 bridgehead atoms. The van der Waals surface area contributed by atoms with Gasteiger partial charge in [0, 0.05) is 28.5 Å². The molecule has 4 heteroatoms. The van der Waals surface area contributed by atoms with Gasteiger partial charge in [0.25, 0.3) is 5.91 Å². The first-order chi connectivity index (χ1) is 8.95. The topological polar surface area (TPSA) is 33.5 Å². The molecule has 1 unspecified atom stereocenters. The zero-order valence-corrected chi connectivity index (χ0v) is 13.2. The zero-order chi connectivity index (χ0) is 14.2. The molecule has 0 aliphatic heterocycles. The van der Waals surface area contributed by atoms with Gasteiger partial charge in [0.2, 0.25) is 0 Å². The van der Waals surface area contributed by atoms with Crippen molar-refractivity contribution in [2.45, 2.75) is 33.2 Å². The largest absolute Gasteiger partial charge is 0.451 e. The van der Waals surface area contributed by atoms with E-state index in [1.807, 2.05) is 39.1 Å². The Morgan fingerprint density at radius 3 is 2.79 bits per heavy atom. The molecule has 0 spiro atoms. The van der Waals surface area contributed by atoms with Gasteiger partial charge in [0.1, 0.15) is 5.58 Å². The Morgan fingerprint density at radius 1 is 1.47 bits per heavy atom. The summed E-state index contributed by atoms with van der Waals surface area (Å²) >= 11 is 3.44. The van der Waals surface area contributed by atoms with Crippen LogP contribution in [0.25, 0.3) is 11.0 Å². The minimum atomic E-state index is -0.0563. The first kappa shape index (κ1) is 14.1. The van der Waals surface area contributed by atoms with E-state index in [0.29, 0.717) is 5.76 Å². The van der Waals surface area contributed by atoms with Crippen LogP contribution in [0.1, 0.15) is 36.4 Å². The molecule has 19 heavy (non-hydrogen) atoms. The highest BCUT2D eigenvalue weighted by atomic mass is 79.9. The third-order valence-electron chi connectivity index (χ3n) is 3.66. The van der Waals surface area contributed by atoms with Crippen LogP contribution in [-0.4, -0.2) is 23.9 Å². The third kappa shape index (κ3) is 2.54. The molecule has 0 saturated heterocycles. The number of aryl methyl sites for hydroxylation is 1. The summed E-state index contributed by atoms with van der Waals surface area (Å²) in [7, 11) is 1.82. The molecule has 1 atom stereocenters. The van der Waals surface area contributed by atoms with Crippen LogP contribution in [0.5, 0.6) is 0 Å². The van der Waals surface area contributed by atoms with Gasteiger partial charge in [-0.15, -0.1) is 0 Å². The van der Waals surface area contributed by atoms with E-state index >= 15 is 0 Å². The minimum Gasteiger partial charge on any atom is -0.451 e. The van der Waals surface area contributed by atoms with Crippen molar-refractivity contribution in [2.75, 3.05) is 7.05 Å². The number of carbonyl (C=O) groups is 1. The number of furan rings is 1. The molecule has 102 valence electrons. The second-order valence-electron chi connectivity index (χ2n) is 4.87. The van der Waals surface area contributed by atoms with E-state index in [9.17, 15) is 4.79 Å². The lowest BCUT2D eigenvalue weighted by Crippen LogP contribution is -2.34. The Morgan fingerprint density at radius 2 is 2.16 bits per heavy atom. The maximum atomic E-state index is 12.4. The van der Waals surface area contributed by atoms with Crippen molar-refractivity contribution in [3.05, 3.63) is 34.0 Å².